The molecular weight excluding hydrogens is 374 g/mol. The summed E-state index contributed by atoms with van der Waals surface area (Å²) in [4.78, 5) is 34.5. The molecule has 0 saturated carbocycles. The van der Waals surface area contributed by atoms with Crippen molar-refractivity contribution < 1.29 is 33.3 Å². The van der Waals surface area contributed by atoms with Crippen LogP contribution < -0.4 is 5.73 Å². The van der Waals surface area contributed by atoms with Crippen molar-refractivity contribution in [3.63, 3.8) is 0 Å². The molecule has 27 heavy (non-hydrogen) atoms. The van der Waals surface area contributed by atoms with Gasteiger partial charge in [-0.25, -0.2) is 0 Å². The Hall–Kier alpha value is -2.10. The molecule has 2 N–H and O–H groups in total. The normalized spacial score (nSPS) is 27.5. The molecule has 1 heterocycles. The number of carbonyl (C=O) groups is 3. The summed E-state index contributed by atoms with van der Waals surface area (Å²) in [5.41, 5.74) is 6.62. The molecule has 8 nitrogen and oxygen atoms in total. The third kappa shape index (κ3) is 5.95. The van der Waals surface area contributed by atoms with Crippen LogP contribution in [0.1, 0.15) is 19.4 Å². The van der Waals surface area contributed by atoms with Gasteiger partial charge in [-0.15, -0.1) is 0 Å². The number of aryl methyl sites for hydroxylation is 1. The summed E-state index contributed by atoms with van der Waals surface area (Å²) >= 11 is 1.32. The number of rotatable bonds is 7. The van der Waals surface area contributed by atoms with E-state index < -0.39 is 41.7 Å². The maximum Gasteiger partial charge on any atom is 0.303 e. The van der Waals surface area contributed by atoms with E-state index in [2.05, 4.69) is 0 Å². The summed E-state index contributed by atoms with van der Waals surface area (Å²) < 4.78 is 21.4. The molecule has 0 bridgehead atoms. The molecule has 2 rings (SSSR count). The number of carbonyl (C=O) groups excluding carboxylic acids is 3. The first-order valence-electron chi connectivity index (χ1n) is 8.36. The van der Waals surface area contributed by atoms with Crippen molar-refractivity contribution in [2.75, 3.05) is 6.61 Å². The van der Waals surface area contributed by atoms with Crippen molar-refractivity contribution in [3.8, 4) is 0 Å². The largest absolute Gasteiger partial charge is 0.463 e. The van der Waals surface area contributed by atoms with E-state index in [1.807, 2.05) is 31.2 Å². The molecule has 5 unspecified atom stereocenters. The number of hydrogen-bond acceptors (Lipinski definition) is 9. The molecule has 0 radical (unpaired) electrons. The molecule has 1 aliphatic heterocycles. The highest BCUT2D eigenvalue weighted by Crippen LogP contribution is 2.35. The Labute approximate surface area is 161 Å². The van der Waals surface area contributed by atoms with Crippen molar-refractivity contribution >= 4 is 30.2 Å². The average molecular weight is 397 g/mol. The lowest BCUT2D eigenvalue weighted by Crippen LogP contribution is -2.63. The first-order chi connectivity index (χ1) is 12.8. The van der Waals surface area contributed by atoms with Crippen molar-refractivity contribution in [3.05, 3.63) is 29.8 Å². The number of esters is 2. The van der Waals surface area contributed by atoms with Crippen LogP contribution in [0, 0.1) is 6.92 Å². The summed E-state index contributed by atoms with van der Waals surface area (Å²) in [7, 11) is 0. The summed E-state index contributed by atoms with van der Waals surface area (Å²) in [5.74, 6) is -1.07. The molecule has 0 spiro atoms. The minimum absolute atomic E-state index is 0.139. The zero-order valence-electron chi connectivity index (χ0n) is 15.3. The molecule has 5 atom stereocenters. The van der Waals surface area contributed by atoms with E-state index in [1.165, 1.54) is 25.6 Å². The lowest BCUT2D eigenvalue weighted by Gasteiger charge is -2.43. The van der Waals surface area contributed by atoms with Crippen LogP contribution in [0.25, 0.3) is 0 Å². The fraction of sp³-hybridized carbons (Fsp3) is 0.500. The maximum atomic E-state index is 11.5. The van der Waals surface area contributed by atoms with Crippen molar-refractivity contribution in [1.29, 1.82) is 0 Å². The summed E-state index contributed by atoms with van der Waals surface area (Å²) in [5, 5.41) is 0. The van der Waals surface area contributed by atoms with Crippen LogP contribution in [0.3, 0.4) is 0 Å². The fourth-order valence-electron chi connectivity index (χ4n) is 2.76. The third-order valence-electron chi connectivity index (χ3n) is 3.91. The second-order valence-corrected chi connectivity index (χ2v) is 7.30. The molecule has 0 amide bonds. The summed E-state index contributed by atoms with van der Waals surface area (Å²) in [6.45, 7) is 4.60. The van der Waals surface area contributed by atoms with E-state index >= 15 is 0 Å². The molecule has 1 saturated heterocycles. The van der Waals surface area contributed by atoms with Gasteiger partial charge in [-0.05, 0) is 19.1 Å². The van der Waals surface area contributed by atoms with Crippen LogP contribution in [0.2, 0.25) is 0 Å². The van der Waals surface area contributed by atoms with Gasteiger partial charge >= 0.3 is 11.9 Å². The maximum absolute atomic E-state index is 11.5. The smallest absolute Gasteiger partial charge is 0.303 e. The lowest BCUT2D eigenvalue weighted by molar-refractivity contribution is -0.197. The van der Waals surface area contributed by atoms with Crippen LogP contribution in [0.5, 0.6) is 0 Å². The summed E-state index contributed by atoms with van der Waals surface area (Å²) in [6, 6.07) is 6.85. The Morgan fingerprint density at radius 1 is 1.26 bits per heavy atom. The van der Waals surface area contributed by atoms with Gasteiger partial charge in [-0.2, -0.15) is 0 Å². The standard InChI is InChI=1S/C18H23NO7S/c1-10-5-4-6-13(7-10)27-18-17(24-9-20)15(19)16(25-12(3)22)14(26-18)8-23-11(2)21/h4-7,9,14-18H,8,19H2,1-3H3. The highest BCUT2D eigenvalue weighted by molar-refractivity contribution is 7.99. The van der Waals surface area contributed by atoms with Crippen LogP contribution in [-0.2, 0) is 33.3 Å². The Morgan fingerprint density at radius 2 is 2.00 bits per heavy atom. The van der Waals surface area contributed by atoms with E-state index in [9.17, 15) is 14.4 Å². The molecule has 0 aromatic heterocycles. The minimum Gasteiger partial charge on any atom is -0.463 e. The number of nitrogens with two attached hydrogens (primary N) is 1. The highest BCUT2D eigenvalue weighted by atomic mass is 32.2. The molecule has 0 aliphatic carbocycles. The van der Waals surface area contributed by atoms with Gasteiger partial charge in [-0.3, -0.25) is 14.4 Å². The quantitative estimate of drug-likeness (QED) is 0.411. The van der Waals surface area contributed by atoms with E-state index in [1.54, 1.807) is 0 Å². The Morgan fingerprint density at radius 3 is 2.59 bits per heavy atom. The first-order valence-corrected chi connectivity index (χ1v) is 9.24. The van der Waals surface area contributed by atoms with Crippen LogP contribution in [0.15, 0.2) is 29.2 Å². The molecule has 1 fully saturated rings. The van der Waals surface area contributed by atoms with E-state index in [4.69, 9.17) is 24.7 Å². The van der Waals surface area contributed by atoms with Gasteiger partial charge in [0.2, 0.25) is 0 Å². The molecule has 1 aliphatic rings. The number of thioether (sulfide) groups is 1. The first kappa shape index (κ1) is 21.2. The average Bonchev–Trinajstić information content (AvgIpc) is 2.59. The van der Waals surface area contributed by atoms with E-state index in [-0.39, 0.29) is 13.1 Å². The number of hydrogen-bond donors (Lipinski definition) is 1. The van der Waals surface area contributed by atoms with E-state index in [0.717, 1.165) is 10.5 Å². The van der Waals surface area contributed by atoms with Crippen LogP contribution in [-0.4, -0.2) is 54.8 Å². The number of benzene rings is 1. The zero-order valence-corrected chi connectivity index (χ0v) is 16.1. The van der Waals surface area contributed by atoms with Gasteiger partial charge in [0.05, 0.1) is 6.04 Å². The molecule has 148 valence electrons. The van der Waals surface area contributed by atoms with Gasteiger partial charge in [0.1, 0.15) is 24.3 Å². The fourth-order valence-corrected chi connectivity index (χ4v) is 4.02. The van der Waals surface area contributed by atoms with Crippen molar-refractivity contribution in [2.24, 2.45) is 5.73 Å². The predicted molar refractivity (Wildman–Crippen MR) is 96.8 cm³/mol. The van der Waals surface area contributed by atoms with Gasteiger partial charge < -0.3 is 24.7 Å². The molecule has 1 aromatic rings. The van der Waals surface area contributed by atoms with Gasteiger partial charge in [0, 0.05) is 18.7 Å². The molecular formula is C18H23NO7S. The van der Waals surface area contributed by atoms with Gasteiger partial charge in [0.15, 0.2) is 6.10 Å². The zero-order chi connectivity index (χ0) is 20.0. The highest BCUT2D eigenvalue weighted by Gasteiger charge is 2.48. The van der Waals surface area contributed by atoms with Gasteiger partial charge in [-0.1, -0.05) is 29.5 Å². The Balaban J connectivity index is 2.26. The minimum atomic E-state index is -0.929. The van der Waals surface area contributed by atoms with Crippen molar-refractivity contribution in [2.45, 2.75) is 55.5 Å². The van der Waals surface area contributed by atoms with Crippen LogP contribution >= 0.6 is 11.8 Å². The Bertz CT molecular complexity index is 683. The third-order valence-corrected chi connectivity index (χ3v) is 5.05. The summed E-state index contributed by atoms with van der Waals surface area (Å²) in [6.07, 6.45) is -2.58. The van der Waals surface area contributed by atoms with Crippen LogP contribution in [0.4, 0.5) is 0 Å². The second-order valence-electron chi connectivity index (χ2n) is 6.13. The Kier molecular flexibility index (Phi) is 7.64. The molecule has 9 heteroatoms. The van der Waals surface area contributed by atoms with Crippen molar-refractivity contribution in [1.82, 2.24) is 0 Å². The second kappa shape index (κ2) is 9.72. The van der Waals surface area contributed by atoms with Gasteiger partial charge in [0.25, 0.3) is 6.47 Å². The topological polar surface area (TPSA) is 114 Å². The SMILES string of the molecule is CC(=O)OCC1OC(Sc2cccc(C)c2)C(OC=O)C(N)C1OC(C)=O. The van der Waals surface area contributed by atoms with E-state index in [0.29, 0.717) is 0 Å². The molecule has 1 aromatic carbocycles. The monoisotopic (exact) mass is 397 g/mol. The number of ether oxygens (including phenoxy) is 4. The predicted octanol–water partition coefficient (Wildman–Crippen LogP) is 1.18. The lowest BCUT2D eigenvalue weighted by atomic mass is 9.97.